The van der Waals surface area contributed by atoms with Crippen molar-refractivity contribution in [2.24, 2.45) is 5.92 Å². The molecule has 0 amide bonds. The Balaban J connectivity index is 2.45. The summed E-state index contributed by atoms with van der Waals surface area (Å²) in [6, 6.07) is 0. The molecular formula is C10H14F4O4S. The van der Waals surface area contributed by atoms with Crippen LogP contribution in [0.4, 0.5) is 17.6 Å². The Morgan fingerprint density at radius 2 is 1.68 bits per heavy atom. The topological polar surface area (TPSA) is 60.4 Å². The van der Waals surface area contributed by atoms with Crippen molar-refractivity contribution >= 4 is 16.7 Å². The van der Waals surface area contributed by atoms with E-state index in [1.807, 2.05) is 0 Å². The van der Waals surface area contributed by atoms with Crippen molar-refractivity contribution in [3.05, 3.63) is 0 Å². The fourth-order valence-electron chi connectivity index (χ4n) is 1.84. The molecule has 0 bridgehead atoms. The molecule has 0 atom stereocenters. The molecule has 0 radical (unpaired) electrons. The molecule has 1 aliphatic rings. The van der Waals surface area contributed by atoms with Crippen LogP contribution in [-0.4, -0.2) is 32.2 Å². The van der Waals surface area contributed by atoms with Crippen molar-refractivity contribution in [2.45, 2.75) is 43.3 Å². The van der Waals surface area contributed by atoms with E-state index in [1.165, 1.54) is 0 Å². The van der Waals surface area contributed by atoms with Gasteiger partial charge in [0.05, 0.1) is 18.9 Å². The van der Waals surface area contributed by atoms with E-state index in [1.54, 1.807) is 0 Å². The van der Waals surface area contributed by atoms with Crippen LogP contribution in [0.15, 0.2) is 0 Å². The van der Waals surface area contributed by atoms with Crippen LogP contribution in [-0.2, 0) is 20.2 Å². The smallest absolute Gasteiger partial charge is 0.404 e. The van der Waals surface area contributed by atoms with E-state index >= 15 is 0 Å². The number of hydrogen-bond acceptors (Lipinski definition) is 4. The highest BCUT2D eigenvalue weighted by Crippen LogP contribution is 2.37. The summed E-state index contributed by atoms with van der Waals surface area (Å²) in [7, 11) is -4.60. The summed E-state index contributed by atoms with van der Waals surface area (Å²) >= 11 is 0. The summed E-state index contributed by atoms with van der Waals surface area (Å²) in [6.07, 6.45) is 1.34. The van der Waals surface area contributed by atoms with Crippen LogP contribution >= 0.6 is 0 Å². The molecule has 0 heterocycles. The minimum absolute atomic E-state index is 0.370. The Bertz CT molecular complexity index is 394. The zero-order valence-electron chi connectivity index (χ0n) is 9.91. The Kier molecular flexibility index (Phi) is 5.17. The van der Waals surface area contributed by atoms with Gasteiger partial charge in [0, 0.05) is 0 Å². The van der Waals surface area contributed by atoms with Crippen molar-refractivity contribution in [1.82, 2.24) is 0 Å². The van der Waals surface area contributed by atoms with Crippen molar-refractivity contribution in [3.63, 3.8) is 0 Å². The lowest BCUT2D eigenvalue weighted by Crippen LogP contribution is -2.42. The van der Waals surface area contributed by atoms with Crippen molar-refractivity contribution in [2.75, 3.05) is 6.61 Å². The summed E-state index contributed by atoms with van der Waals surface area (Å²) in [5.41, 5.74) is 0. The lowest BCUT2D eigenvalue weighted by atomic mass is 10.1. The van der Waals surface area contributed by atoms with E-state index in [0.29, 0.717) is 12.8 Å². The number of halogens is 4. The molecular weight excluding hydrogens is 292 g/mol. The molecule has 0 aromatic heterocycles. The minimum atomic E-state index is -5.14. The fraction of sp³-hybridized carbons (Fsp3) is 0.900. The van der Waals surface area contributed by atoms with Gasteiger partial charge in [-0.15, -0.1) is 0 Å². The second-order valence-electron chi connectivity index (χ2n) is 4.40. The lowest BCUT2D eigenvalue weighted by Gasteiger charge is -2.21. The number of rotatable bonds is 6. The van der Waals surface area contributed by atoms with E-state index < -0.39 is 40.9 Å². The highest BCUT2D eigenvalue weighted by atomic mass is 32.2. The molecule has 4 nitrogen and oxygen atoms in total. The maximum Gasteiger partial charge on any atom is 0.404 e. The Morgan fingerprint density at radius 1 is 1.16 bits per heavy atom. The number of thiol groups is 1. The van der Waals surface area contributed by atoms with Crippen molar-refractivity contribution in [1.29, 1.82) is 0 Å². The van der Waals surface area contributed by atoms with Gasteiger partial charge in [0.1, 0.15) is 0 Å². The molecule has 112 valence electrons. The molecule has 1 aliphatic carbocycles. The predicted molar refractivity (Wildman–Crippen MR) is 57.7 cm³/mol. The van der Waals surface area contributed by atoms with Crippen LogP contribution in [0.25, 0.3) is 0 Å². The van der Waals surface area contributed by atoms with E-state index in [9.17, 15) is 30.8 Å². The number of alkyl halides is 4. The first-order valence-corrected chi connectivity index (χ1v) is 6.93. The number of carbonyl (C=O) groups is 1. The summed E-state index contributed by atoms with van der Waals surface area (Å²) in [6.45, 7) is -0.929. The zero-order chi connectivity index (χ0) is 14.7. The third-order valence-electron chi connectivity index (χ3n) is 3.02. The second-order valence-corrected chi connectivity index (χ2v) is 5.48. The number of esters is 1. The molecule has 19 heavy (non-hydrogen) atoms. The average Bonchev–Trinajstić information content (AvgIpc) is 2.81. The molecule has 0 aromatic rings. The summed E-state index contributed by atoms with van der Waals surface area (Å²) in [5, 5.41) is -5.14. The van der Waals surface area contributed by atoms with Gasteiger partial charge in [-0.2, -0.15) is 17.6 Å². The van der Waals surface area contributed by atoms with Gasteiger partial charge in [-0.1, -0.05) is 12.8 Å². The summed E-state index contributed by atoms with van der Waals surface area (Å²) in [5.74, 6) is -5.81. The molecule has 0 aliphatic heterocycles. The largest absolute Gasteiger partial charge is 0.465 e. The van der Waals surface area contributed by atoms with Gasteiger partial charge in [0.15, 0.2) is 0 Å². The standard InChI is InChI=1S/C10H14F4O4S/c11-9(12,10(13,14)19(16)17)5-6-18-8(15)7-3-1-2-4-7/h7,19H,1-6H2. The van der Waals surface area contributed by atoms with Crippen LogP contribution in [0, 0.1) is 5.92 Å². The number of hydrogen-bond donors (Lipinski definition) is 1. The first-order chi connectivity index (χ1) is 8.68. The first kappa shape index (κ1) is 16.2. The van der Waals surface area contributed by atoms with E-state index in [2.05, 4.69) is 4.74 Å². The highest BCUT2D eigenvalue weighted by Gasteiger charge is 2.59. The van der Waals surface area contributed by atoms with Crippen LogP contribution in [0.5, 0.6) is 0 Å². The van der Waals surface area contributed by atoms with Crippen LogP contribution in [0.1, 0.15) is 32.1 Å². The molecule has 0 N–H and O–H groups in total. The molecule has 1 saturated carbocycles. The molecule has 9 heteroatoms. The van der Waals surface area contributed by atoms with Crippen molar-refractivity contribution in [3.8, 4) is 0 Å². The van der Waals surface area contributed by atoms with Crippen molar-refractivity contribution < 1.29 is 35.5 Å². The Hall–Kier alpha value is -0.860. The minimum Gasteiger partial charge on any atom is -0.465 e. The average molecular weight is 306 g/mol. The molecule has 0 saturated heterocycles. The molecule has 1 fully saturated rings. The van der Waals surface area contributed by atoms with Gasteiger partial charge in [-0.25, -0.2) is 8.42 Å². The highest BCUT2D eigenvalue weighted by molar-refractivity contribution is 7.73. The van der Waals surface area contributed by atoms with Gasteiger partial charge in [0.25, 0.3) is 0 Å². The van der Waals surface area contributed by atoms with E-state index in [4.69, 9.17) is 0 Å². The Morgan fingerprint density at radius 3 is 2.16 bits per heavy atom. The third-order valence-corrected chi connectivity index (χ3v) is 3.80. The van der Waals surface area contributed by atoms with Gasteiger partial charge in [-0.05, 0) is 12.8 Å². The van der Waals surface area contributed by atoms with Gasteiger partial charge in [0.2, 0.25) is 10.7 Å². The molecule has 0 unspecified atom stereocenters. The maximum atomic E-state index is 13.0. The van der Waals surface area contributed by atoms with Gasteiger partial charge < -0.3 is 4.74 Å². The van der Waals surface area contributed by atoms with Gasteiger partial charge in [-0.3, -0.25) is 4.79 Å². The Labute approximate surface area is 109 Å². The molecule has 0 spiro atoms. The van der Waals surface area contributed by atoms with Crippen LogP contribution in [0.2, 0.25) is 0 Å². The first-order valence-electron chi connectivity index (χ1n) is 5.75. The lowest BCUT2D eigenvalue weighted by molar-refractivity contribution is -0.172. The quantitative estimate of drug-likeness (QED) is 0.463. The molecule has 0 aromatic carbocycles. The monoisotopic (exact) mass is 306 g/mol. The van der Waals surface area contributed by atoms with Gasteiger partial charge >= 0.3 is 17.1 Å². The fourth-order valence-corrected chi connectivity index (χ4v) is 2.22. The zero-order valence-corrected chi connectivity index (χ0v) is 10.8. The third kappa shape index (κ3) is 3.80. The van der Waals surface area contributed by atoms with E-state index in [-0.39, 0.29) is 5.92 Å². The molecule has 1 rings (SSSR count). The van der Waals surface area contributed by atoms with Crippen LogP contribution in [0.3, 0.4) is 0 Å². The maximum absolute atomic E-state index is 13.0. The SMILES string of the molecule is O=C(OCCC(F)(F)C(F)(F)[SH](=O)=O)C1CCCC1. The predicted octanol–water partition coefficient (Wildman–Crippen LogP) is 1.95. The number of carbonyl (C=O) groups excluding carboxylic acids is 1. The normalized spacial score (nSPS) is 17.9. The summed E-state index contributed by atoms with van der Waals surface area (Å²) in [4.78, 5) is 11.3. The second kappa shape index (κ2) is 6.06. The van der Waals surface area contributed by atoms with E-state index in [0.717, 1.165) is 12.8 Å². The van der Waals surface area contributed by atoms with Crippen LogP contribution < -0.4 is 0 Å². The number of ether oxygens (including phenoxy) is 1. The summed E-state index contributed by atoms with van der Waals surface area (Å²) < 4.78 is 75.9.